The van der Waals surface area contributed by atoms with E-state index in [1.165, 1.54) is 59.9 Å². The lowest BCUT2D eigenvalue weighted by Crippen LogP contribution is -2.35. The van der Waals surface area contributed by atoms with Gasteiger partial charge in [-0.05, 0) is 87.0 Å². The van der Waals surface area contributed by atoms with Gasteiger partial charge >= 0.3 is 0 Å². The van der Waals surface area contributed by atoms with Gasteiger partial charge in [-0.3, -0.25) is 9.69 Å². The highest BCUT2D eigenvalue weighted by atomic mass is 35.5. The van der Waals surface area contributed by atoms with E-state index in [-0.39, 0.29) is 11.9 Å². The number of hydrogen-bond donors (Lipinski definition) is 1. The van der Waals surface area contributed by atoms with Gasteiger partial charge in [-0.15, -0.1) is 11.3 Å². The van der Waals surface area contributed by atoms with Crippen LogP contribution in [0.2, 0.25) is 5.02 Å². The SMILES string of the molecule is O=C(Nc1sc2c(c1[C@H](c1cccc(Cl)c1)N1CCCCC1)CCCC2)c1ccco1. The molecule has 162 valence electrons. The van der Waals surface area contributed by atoms with Crippen LogP contribution in [0.25, 0.3) is 0 Å². The van der Waals surface area contributed by atoms with Crippen molar-refractivity contribution in [3.63, 3.8) is 0 Å². The molecule has 0 radical (unpaired) electrons. The molecule has 2 aliphatic rings. The fraction of sp³-hybridized carbons (Fsp3) is 0.400. The van der Waals surface area contributed by atoms with Crippen LogP contribution in [-0.4, -0.2) is 23.9 Å². The number of amides is 1. The molecule has 0 unspecified atom stereocenters. The van der Waals surface area contributed by atoms with Crippen LogP contribution in [0.1, 0.15) is 70.3 Å². The summed E-state index contributed by atoms with van der Waals surface area (Å²) in [6, 6.07) is 11.8. The maximum atomic E-state index is 12.9. The average molecular weight is 455 g/mol. The minimum atomic E-state index is -0.187. The molecule has 31 heavy (non-hydrogen) atoms. The van der Waals surface area contributed by atoms with E-state index in [0.717, 1.165) is 36.0 Å². The Balaban J connectivity index is 1.62. The van der Waals surface area contributed by atoms with Crippen molar-refractivity contribution in [3.8, 4) is 0 Å². The third-order valence-electron chi connectivity index (χ3n) is 6.38. The highest BCUT2D eigenvalue weighted by molar-refractivity contribution is 7.16. The molecule has 1 fully saturated rings. The molecule has 3 aromatic rings. The predicted octanol–water partition coefficient (Wildman–Crippen LogP) is 6.70. The molecule has 4 nitrogen and oxygen atoms in total. The molecule has 1 aliphatic heterocycles. The van der Waals surface area contributed by atoms with Gasteiger partial charge < -0.3 is 9.73 Å². The number of thiophene rings is 1. The lowest BCUT2D eigenvalue weighted by atomic mass is 9.88. The van der Waals surface area contributed by atoms with Crippen LogP contribution in [0.4, 0.5) is 5.00 Å². The molecule has 0 spiro atoms. The van der Waals surface area contributed by atoms with E-state index in [1.807, 2.05) is 12.1 Å². The summed E-state index contributed by atoms with van der Waals surface area (Å²) >= 11 is 8.17. The molecule has 1 N–H and O–H groups in total. The number of furan rings is 1. The Kier molecular flexibility index (Phi) is 6.17. The fourth-order valence-electron chi connectivity index (χ4n) is 4.96. The molecule has 3 heterocycles. The Hall–Kier alpha value is -2.08. The minimum absolute atomic E-state index is 0.101. The zero-order valence-corrected chi connectivity index (χ0v) is 19.1. The first kappa shape index (κ1) is 20.8. The third-order valence-corrected chi connectivity index (χ3v) is 7.84. The van der Waals surface area contributed by atoms with Crippen LogP contribution in [0.3, 0.4) is 0 Å². The normalized spacial score (nSPS) is 17.8. The van der Waals surface area contributed by atoms with Crippen LogP contribution in [0.15, 0.2) is 47.1 Å². The summed E-state index contributed by atoms with van der Waals surface area (Å²) in [5, 5.41) is 4.92. The number of hydrogen-bond acceptors (Lipinski definition) is 4. The van der Waals surface area contributed by atoms with Gasteiger partial charge in [0, 0.05) is 15.5 Å². The van der Waals surface area contributed by atoms with Gasteiger partial charge in [-0.1, -0.05) is 30.2 Å². The number of likely N-dealkylation sites (tertiary alicyclic amines) is 1. The zero-order valence-electron chi connectivity index (χ0n) is 17.5. The van der Waals surface area contributed by atoms with Crippen LogP contribution in [0, 0.1) is 0 Å². The standard InChI is InChI=1S/C25H27ClN2O2S/c26-18-9-6-8-17(16-18)23(28-13-4-1-5-14-28)22-19-10-2-3-12-21(19)31-25(22)27-24(29)20-11-7-15-30-20/h6-9,11,15-16,23H,1-5,10,12-14H2,(H,27,29)/t23-/m0/s1. The van der Waals surface area contributed by atoms with Gasteiger partial charge in [-0.25, -0.2) is 0 Å². The van der Waals surface area contributed by atoms with E-state index in [0.29, 0.717) is 5.76 Å². The second kappa shape index (κ2) is 9.19. The molecule has 0 saturated carbocycles. The topological polar surface area (TPSA) is 45.5 Å². The van der Waals surface area contributed by atoms with E-state index < -0.39 is 0 Å². The summed E-state index contributed by atoms with van der Waals surface area (Å²) < 4.78 is 5.35. The number of aryl methyl sites for hydroxylation is 1. The maximum absolute atomic E-state index is 12.9. The van der Waals surface area contributed by atoms with Gasteiger partial charge in [0.25, 0.3) is 5.91 Å². The lowest BCUT2D eigenvalue weighted by Gasteiger charge is -2.36. The summed E-state index contributed by atoms with van der Waals surface area (Å²) in [5.74, 6) is 0.155. The molecule has 5 rings (SSSR count). The quantitative estimate of drug-likeness (QED) is 0.466. The number of anilines is 1. The second-order valence-corrected chi connectivity index (χ2v) is 9.98. The van der Waals surface area contributed by atoms with Crippen LogP contribution in [0.5, 0.6) is 0 Å². The number of piperidine rings is 1. The first-order valence-corrected chi connectivity index (χ1v) is 12.4. The Morgan fingerprint density at radius 2 is 1.90 bits per heavy atom. The highest BCUT2D eigenvalue weighted by Gasteiger charge is 2.33. The van der Waals surface area contributed by atoms with E-state index in [2.05, 4.69) is 22.3 Å². The number of fused-ring (bicyclic) bond motifs is 1. The largest absolute Gasteiger partial charge is 0.459 e. The lowest BCUT2D eigenvalue weighted by molar-refractivity contribution is 0.0996. The fourth-order valence-corrected chi connectivity index (χ4v) is 6.47. The first-order valence-electron chi connectivity index (χ1n) is 11.2. The number of nitrogens with one attached hydrogen (secondary N) is 1. The van der Waals surface area contributed by atoms with Crippen molar-refractivity contribution >= 4 is 33.8 Å². The molecule has 1 aromatic carbocycles. The predicted molar refractivity (Wildman–Crippen MR) is 126 cm³/mol. The summed E-state index contributed by atoms with van der Waals surface area (Å²) in [6.07, 6.45) is 9.80. The van der Waals surface area contributed by atoms with Crippen LogP contribution >= 0.6 is 22.9 Å². The number of halogens is 1. The Morgan fingerprint density at radius 3 is 2.68 bits per heavy atom. The van der Waals surface area contributed by atoms with Crippen molar-refractivity contribution in [2.45, 2.75) is 51.0 Å². The Bertz CT molecular complexity index is 1050. The second-order valence-electron chi connectivity index (χ2n) is 8.44. The number of carbonyl (C=O) groups excluding carboxylic acids is 1. The van der Waals surface area contributed by atoms with E-state index >= 15 is 0 Å². The van der Waals surface area contributed by atoms with E-state index in [4.69, 9.17) is 16.0 Å². The van der Waals surface area contributed by atoms with Crippen molar-refractivity contribution in [1.29, 1.82) is 0 Å². The van der Waals surface area contributed by atoms with Gasteiger partial charge in [0.05, 0.1) is 12.3 Å². The number of nitrogens with zero attached hydrogens (tertiary/aromatic N) is 1. The number of benzene rings is 1. The van der Waals surface area contributed by atoms with Gasteiger partial charge in [0.2, 0.25) is 0 Å². The number of carbonyl (C=O) groups is 1. The Morgan fingerprint density at radius 1 is 1.06 bits per heavy atom. The highest BCUT2D eigenvalue weighted by Crippen LogP contribution is 2.46. The van der Waals surface area contributed by atoms with Crippen LogP contribution in [-0.2, 0) is 12.8 Å². The van der Waals surface area contributed by atoms with Crippen molar-refractivity contribution in [1.82, 2.24) is 4.90 Å². The third kappa shape index (κ3) is 4.32. The summed E-state index contributed by atoms with van der Waals surface area (Å²) in [4.78, 5) is 16.9. The van der Waals surface area contributed by atoms with E-state index in [9.17, 15) is 4.79 Å². The molecular formula is C25H27ClN2O2S. The van der Waals surface area contributed by atoms with Crippen molar-refractivity contribution < 1.29 is 9.21 Å². The van der Waals surface area contributed by atoms with Crippen LogP contribution < -0.4 is 5.32 Å². The van der Waals surface area contributed by atoms with Crippen molar-refractivity contribution in [2.24, 2.45) is 0 Å². The van der Waals surface area contributed by atoms with E-state index in [1.54, 1.807) is 23.5 Å². The van der Waals surface area contributed by atoms with Crippen molar-refractivity contribution in [2.75, 3.05) is 18.4 Å². The molecule has 1 amide bonds. The molecule has 1 atom stereocenters. The van der Waals surface area contributed by atoms with Gasteiger partial charge in [0.1, 0.15) is 5.00 Å². The smallest absolute Gasteiger partial charge is 0.291 e. The monoisotopic (exact) mass is 454 g/mol. The molecule has 1 aliphatic carbocycles. The van der Waals surface area contributed by atoms with Gasteiger partial charge in [-0.2, -0.15) is 0 Å². The molecular weight excluding hydrogens is 428 g/mol. The Labute approximate surface area is 192 Å². The molecule has 0 bridgehead atoms. The number of rotatable bonds is 5. The average Bonchev–Trinajstić information content (AvgIpc) is 3.44. The molecule has 1 saturated heterocycles. The maximum Gasteiger partial charge on any atom is 0.291 e. The van der Waals surface area contributed by atoms with Gasteiger partial charge in [0.15, 0.2) is 5.76 Å². The molecule has 2 aromatic heterocycles. The zero-order chi connectivity index (χ0) is 21.2. The molecule has 6 heteroatoms. The summed E-state index contributed by atoms with van der Waals surface area (Å²) in [5.41, 5.74) is 3.90. The first-order chi connectivity index (χ1) is 15.2. The van der Waals surface area contributed by atoms with Crippen molar-refractivity contribution in [3.05, 3.63) is 75.0 Å². The minimum Gasteiger partial charge on any atom is -0.459 e. The summed E-state index contributed by atoms with van der Waals surface area (Å²) in [6.45, 7) is 2.13. The summed E-state index contributed by atoms with van der Waals surface area (Å²) in [7, 11) is 0.